The van der Waals surface area contributed by atoms with Gasteiger partial charge in [-0.05, 0) is 38.8 Å². The van der Waals surface area contributed by atoms with E-state index in [0.29, 0.717) is 16.4 Å². The molecule has 2 aromatic rings. The molecule has 6 nitrogen and oxygen atoms in total. The van der Waals surface area contributed by atoms with Gasteiger partial charge in [0.1, 0.15) is 0 Å². The lowest BCUT2D eigenvalue weighted by Crippen LogP contribution is -2.24. The van der Waals surface area contributed by atoms with Crippen LogP contribution >= 0.6 is 11.6 Å². The molecule has 1 fully saturated rings. The summed E-state index contributed by atoms with van der Waals surface area (Å²) in [6.07, 6.45) is 2.34. The van der Waals surface area contributed by atoms with Crippen molar-refractivity contribution in [3.8, 4) is 0 Å². The summed E-state index contributed by atoms with van der Waals surface area (Å²) < 4.78 is 0. The van der Waals surface area contributed by atoms with Gasteiger partial charge in [0, 0.05) is 13.1 Å². The van der Waals surface area contributed by atoms with Crippen molar-refractivity contribution in [2.45, 2.75) is 26.7 Å². The Kier molecular flexibility index (Phi) is 4.85. The number of nitrogens with one attached hydrogen (secondary N) is 2. The molecule has 2 N–H and O–H groups in total. The number of anilines is 3. The maximum Gasteiger partial charge on any atom is 0.323 e. The second kappa shape index (κ2) is 7.05. The zero-order valence-corrected chi connectivity index (χ0v) is 14.5. The van der Waals surface area contributed by atoms with Crippen LogP contribution in [0.3, 0.4) is 0 Å². The van der Waals surface area contributed by atoms with E-state index in [1.807, 2.05) is 26.0 Å². The smallest absolute Gasteiger partial charge is 0.323 e. The number of halogens is 1. The van der Waals surface area contributed by atoms with Crippen molar-refractivity contribution in [2.24, 2.45) is 0 Å². The highest BCUT2D eigenvalue weighted by molar-refractivity contribution is 6.33. The lowest BCUT2D eigenvalue weighted by molar-refractivity contribution is 0.262. The van der Waals surface area contributed by atoms with Crippen LogP contribution in [0.25, 0.3) is 0 Å². The summed E-state index contributed by atoms with van der Waals surface area (Å²) >= 11 is 6.05. The van der Waals surface area contributed by atoms with Gasteiger partial charge in [0.2, 0.25) is 5.95 Å². The molecule has 3 rings (SSSR count). The molecule has 126 valence electrons. The molecule has 7 heteroatoms. The largest absolute Gasteiger partial charge is 0.341 e. The van der Waals surface area contributed by atoms with Crippen LogP contribution in [0.2, 0.25) is 5.02 Å². The van der Waals surface area contributed by atoms with Gasteiger partial charge < -0.3 is 15.5 Å². The lowest BCUT2D eigenvalue weighted by atomic mass is 10.3. The quantitative estimate of drug-likeness (QED) is 0.882. The Balaban J connectivity index is 1.75. The number of benzene rings is 1. The first-order chi connectivity index (χ1) is 11.5. The molecule has 0 spiro atoms. The Morgan fingerprint density at radius 2 is 1.71 bits per heavy atom. The monoisotopic (exact) mass is 345 g/mol. The van der Waals surface area contributed by atoms with E-state index in [9.17, 15) is 4.79 Å². The number of amides is 2. The van der Waals surface area contributed by atoms with Crippen molar-refractivity contribution >= 4 is 35.0 Å². The van der Waals surface area contributed by atoms with Gasteiger partial charge in [-0.2, -0.15) is 0 Å². The molecule has 0 bridgehead atoms. The zero-order chi connectivity index (χ0) is 17.1. The molecule has 1 saturated heterocycles. The molecule has 0 aliphatic carbocycles. The van der Waals surface area contributed by atoms with Gasteiger partial charge in [-0.3, -0.25) is 0 Å². The number of urea groups is 1. The first-order valence-electron chi connectivity index (χ1n) is 7.97. The molecular formula is C17H20ClN5O. The molecule has 1 aliphatic rings. The van der Waals surface area contributed by atoms with E-state index in [0.717, 1.165) is 30.4 Å². The predicted molar refractivity (Wildman–Crippen MR) is 97.0 cm³/mol. The topological polar surface area (TPSA) is 70.2 Å². The summed E-state index contributed by atoms with van der Waals surface area (Å²) in [5, 5.41) is 6.04. The summed E-state index contributed by atoms with van der Waals surface area (Å²) in [5.74, 6) is 0.736. The molecule has 0 atom stereocenters. The van der Waals surface area contributed by atoms with E-state index in [4.69, 9.17) is 11.6 Å². The third-order valence-electron chi connectivity index (χ3n) is 4.01. The number of nitrogens with zero attached hydrogens (tertiary/aromatic N) is 3. The van der Waals surface area contributed by atoms with Crippen LogP contribution in [0.5, 0.6) is 0 Å². The molecular weight excluding hydrogens is 326 g/mol. The molecule has 0 saturated carbocycles. The standard InChI is InChI=1S/C17H20ClN5O/c1-11-15(12(2)20-16(19-11)23-9-5-6-10-23)22-17(24)21-14-8-4-3-7-13(14)18/h3-4,7-8H,5-6,9-10H2,1-2H3,(H2,21,22,24). The minimum atomic E-state index is -0.369. The van der Waals surface area contributed by atoms with E-state index in [2.05, 4.69) is 25.5 Å². The number of para-hydroxylation sites is 1. The van der Waals surface area contributed by atoms with Crippen LogP contribution in [-0.2, 0) is 0 Å². The first kappa shape index (κ1) is 16.5. The fourth-order valence-electron chi connectivity index (χ4n) is 2.77. The average Bonchev–Trinajstić information content (AvgIpc) is 3.07. The first-order valence-corrected chi connectivity index (χ1v) is 8.35. The predicted octanol–water partition coefficient (Wildman–Crippen LogP) is 3.99. The molecule has 1 aromatic carbocycles. The van der Waals surface area contributed by atoms with E-state index in [1.54, 1.807) is 12.1 Å². The minimum absolute atomic E-state index is 0.369. The number of carbonyl (C=O) groups excluding carboxylic acids is 1. The molecule has 24 heavy (non-hydrogen) atoms. The molecule has 0 unspecified atom stereocenters. The Morgan fingerprint density at radius 1 is 1.08 bits per heavy atom. The zero-order valence-electron chi connectivity index (χ0n) is 13.8. The molecule has 0 radical (unpaired) electrons. The highest BCUT2D eigenvalue weighted by atomic mass is 35.5. The third-order valence-corrected chi connectivity index (χ3v) is 4.34. The molecule has 2 heterocycles. The summed E-state index contributed by atoms with van der Waals surface area (Å²) in [6, 6.07) is 6.72. The van der Waals surface area contributed by atoms with E-state index in [-0.39, 0.29) is 6.03 Å². The Hall–Kier alpha value is -2.34. The summed E-state index contributed by atoms with van der Waals surface area (Å²) in [6.45, 7) is 5.72. The van der Waals surface area contributed by atoms with Gasteiger partial charge >= 0.3 is 6.03 Å². The fraction of sp³-hybridized carbons (Fsp3) is 0.353. The summed E-state index contributed by atoms with van der Waals surface area (Å²) in [7, 11) is 0. The SMILES string of the molecule is Cc1nc(N2CCCC2)nc(C)c1NC(=O)Nc1ccccc1Cl. The van der Waals surface area contributed by atoms with Gasteiger partial charge in [0.25, 0.3) is 0 Å². The number of hydrogen-bond donors (Lipinski definition) is 2. The molecule has 1 aliphatic heterocycles. The maximum absolute atomic E-state index is 12.2. The van der Waals surface area contributed by atoms with Crippen molar-refractivity contribution in [2.75, 3.05) is 28.6 Å². The van der Waals surface area contributed by atoms with Gasteiger partial charge in [-0.15, -0.1) is 0 Å². The van der Waals surface area contributed by atoms with Crippen LogP contribution in [0.15, 0.2) is 24.3 Å². The normalized spacial score (nSPS) is 13.9. The van der Waals surface area contributed by atoms with Crippen molar-refractivity contribution in [3.05, 3.63) is 40.7 Å². The van der Waals surface area contributed by atoms with E-state index >= 15 is 0 Å². The number of carbonyl (C=O) groups is 1. The number of aryl methyl sites for hydroxylation is 2. The number of hydrogen-bond acceptors (Lipinski definition) is 4. The van der Waals surface area contributed by atoms with E-state index < -0.39 is 0 Å². The van der Waals surface area contributed by atoms with Crippen molar-refractivity contribution in [3.63, 3.8) is 0 Å². The van der Waals surface area contributed by atoms with Crippen molar-refractivity contribution < 1.29 is 4.79 Å². The van der Waals surface area contributed by atoms with Gasteiger partial charge in [-0.1, -0.05) is 23.7 Å². The maximum atomic E-state index is 12.2. The lowest BCUT2D eigenvalue weighted by Gasteiger charge is -2.18. The second-order valence-electron chi connectivity index (χ2n) is 5.82. The Morgan fingerprint density at radius 3 is 2.33 bits per heavy atom. The van der Waals surface area contributed by atoms with Gasteiger partial charge in [0.15, 0.2) is 0 Å². The third kappa shape index (κ3) is 3.59. The molecule has 2 amide bonds. The van der Waals surface area contributed by atoms with E-state index in [1.165, 1.54) is 12.8 Å². The fourth-order valence-corrected chi connectivity index (χ4v) is 2.95. The van der Waals surface area contributed by atoms with Crippen LogP contribution in [0, 0.1) is 13.8 Å². The summed E-state index contributed by atoms with van der Waals surface area (Å²) in [4.78, 5) is 23.5. The van der Waals surface area contributed by atoms with Crippen molar-refractivity contribution in [1.82, 2.24) is 9.97 Å². The second-order valence-corrected chi connectivity index (χ2v) is 6.23. The number of rotatable bonds is 3. The Labute approximate surface area is 146 Å². The minimum Gasteiger partial charge on any atom is -0.341 e. The van der Waals surface area contributed by atoms with Gasteiger partial charge in [-0.25, -0.2) is 14.8 Å². The molecule has 1 aromatic heterocycles. The van der Waals surface area contributed by atoms with Gasteiger partial charge in [0.05, 0.1) is 27.8 Å². The van der Waals surface area contributed by atoms with Crippen LogP contribution < -0.4 is 15.5 Å². The van der Waals surface area contributed by atoms with Crippen LogP contribution in [0.4, 0.5) is 22.1 Å². The summed E-state index contributed by atoms with van der Waals surface area (Å²) in [5.41, 5.74) is 2.68. The Bertz CT molecular complexity index is 735. The van der Waals surface area contributed by atoms with Crippen molar-refractivity contribution in [1.29, 1.82) is 0 Å². The average molecular weight is 346 g/mol. The highest BCUT2D eigenvalue weighted by Gasteiger charge is 2.18. The van der Waals surface area contributed by atoms with Crippen LogP contribution in [-0.4, -0.2) is 29.1 Å². The number of aromatic nitrogens is 2. The highest BCUT2D eigenvalue weighted by Crippen LogP contribution is 2.24. The van der Waals surface area contributed by atoms with Crippen LogP contribution in [0.1, 0.15) is 24.2 Å².